The molecule has 0 fully saturated rings. The van der Waals surface area contributed by atoms with Gasteiger partial charge in [0.2, 0.25) is 0 Å². The summed E-state index contributed by atoms with van der Waals surface area (Å²) >= 11 is 0. The fraction of sp³-hybridized carbons (Fsp3) is 0.700. The largest absolute Gasteiger partial charge is 0.499 e. The summed E-state index contributed by atoms with van der Waals surface area (Å²) in [6, 6.07) is 0. The number of aliphatic carboxylic acids is 1. The zero-order valence-electron chi connectivity index (χ0n) is 8.38. The predicted octanol–water partition coefficient (Wildman–Crippen LogP) is 2.57. The van der Waals surface area contributed by atoms with Gasteiger partial charge in [0.05, 0.1) is 12.4 Å². The van der Waals surface area contributed by atoms with Gasteiger partial charge < -0.3 is 9.84 Å². The maximum atomic E-state index is 10.2. The Morgan fingerprint density at radius 3 is 2.54 bits per heavy atom. The molecule has 0 rings (SSSR count). The summed E-state index contributed by atoms with van der Waals surface area (Å²) in [6.45, 7) is 4.62. The van der Waals surface area contributed by atoms with E-state index in [1.54, 1.807) is 0 Å². The molecule has 0 heterocycles. The number of carbonyl (C=O) groups is 1. The molecule has 0 amide bonds. The first-order valence-corrected chi connectivity index (χ1v) is 4.74. The van der Waals surface area contributed by atoms with Gasteiger partial charge in [0.25, 0.3) is 0 Å². The summed E-state index contributed by atoms with van der Waals surface area (Å²) in [5.41, 5.74) is 0. The van der Waals surface area contributed by atoms with Gasteiger partial charge in [-0.25, -0.2) is 0 Å². The van der Waals surface area contributed by atoms with Gasteiger partial charge in [0, 0.05) is 12.8 Å². The molecule has 0 aliphatic carbocycles. The SMILES string of the molecule is CC/C=C(/CCCC(=O)O)OCC. The predicted molar refractivity (Wildman–Crippen MR) is 51.5 cm³/mol. The van der Waals surface area contributed by atoms with Crippen molar-refractivity contribution in [3.63, 3.8) is 0 Å². The number of carboxylic acids is 1. The Morgan fingerprint density at radius 1 is 1.38 bits per heavy atom. The maximum absolute atomic E-state index is 10.2. The van der Waals surface area contributed by atoms with Crippen LogP contribution in [0.15, 0.2) is 11.8 Å². The van der Waals surface area contributed by atoms with Gasteiger partial charge in [0.15, 0.2) is 0 Å². The van der Waals surface area contributed by atoms with Gasteiger partial charge in [-0.15, -0.1) is 0 Å². The van der Waals surface area contributed by atoms with E-state index < -0.39 is 5.97 Å². The van der Waals surface area contributed by atoms with Crippen molar-refractivity contribution in [2.24, 2.45) is 0 Å². The summed E-state index contributed by atoms with van der Waals surface area (Å²) in [7, 11) is 0. The van der Waals surface area contributed by atoms with Gasteiger partial charge in [-0.2, -0.15) is 0 Å². The van der Waals surface area contributed by atoms with Crippen LogP contribution < -0.4 is 0 Å². The molecule has 0 bridgehead atoms. The zero-order chi connectivity index (χ0) is 10.1. The smallest absolute Gasteiger partial charge is 0.303 e. The molecule has 76 valence electrons. The summed E-state index contributed by atoms with van der Waals surface area (Å²) < 4.78 is 5.33. The Bertz CT molecular complexity index is 173. The second kappa shape index (κ2) is 7.65. The van der Waals surface area contributed by atoms with E-state index in [9.17, 15) is 4.79 Å². The van der Waals surface area contributed by atoms with E-state index in [-0.39, 0.29) is 6.42 Å². The molecule has 0 aromatic carbocycles. The summed E-state index contributed by atoms with van der Waals surface area (Å²) in [4.78, 5) is 10.2. The molecule has 0 saturated heterocycles. The van der Waals surface area contributed by atoms with E-state index in [0.717, 1.165) is 18.6 Å². The average molecular weight is 186 g/mol. The molecular weight excluding hydrogens is 168 g/mol. The summed E-state index contributed by atoms with van der Waals surface area (Å²) in [5.74, 6) is 0.179. The Hall–Kier alpha value is -0.990. The van der Waals surface area contributed by atoms with Crippen molar-refractivity contribution in [1.82, 2.24) is 0 Å². The molecule has 0 unspecified atom stereocenters. The Balaban J connectivity index is 3.69. The first-order valence-electron chi connectivity index (χ1n) is 4.74. The van der Waals surface area contributed by atoms with Crippen molar-refractivity contribution in [1.29, 1.82) is 0 Å². The standard InChI is InChI=1S/C10H18O3/c1-3-6-9(13-4-2)7-5-8-10(11)12/h6H,3-5,7-8H2,1-2H3,(H,11,12)/b9-6-. The number of hydrogen-bond acceptors (Lipinski definition) is 2. The fourth-order valence-electron chi connectivity index (χ4n) is 1.06. The van der Waals surface area contributed by atoms with Crippen molar-refractivity contribution in [2.75, 3.05) is 6.61 Å². The molecule has 0 aromatic heterocycles. The number of rotatable bonds is 7. The molecule has 0 spiro atoms. The topological polar surface area (TPSA) is 46.5 Å². The highest BCUT2D eigenvalue weighted by atomic mass is 16.5. The minimum atomic E-state index is -0.743. The highest BCUT2D eigenvalue weighted by Crippen LogP contribution is 2.09. The Labute approximate surface area is 79.4 Å². The Kier molecular flexibility index (Phi) is 7.07. The highest BCUT2D eigenvalue weighted by Gasteiger charge is 2.00. The molecular formula is C10H18O3. The van der Waals surface area contributed by atoms with Crippen LogP contribution >= 0.6 is 0 Å². The molecule has 0 radical (unpaired) electrons. The van der Waals surface area contributed by atoms with E-state index in [1.807, 2.05) is 19.9 Å². The fourth-order valence-corrected chi connectivity index (χ4v) is 1.06. The average Bonchev–Trinajstić information content (AvgIpc) is 2.04. The van der Waals surface area contributed by atoms with Crippen LogP contribution in [0.3, 0.4) is 0 Å². The monoisotopic (exact) mass is 186 g/mol. The molecule has 0 aliphatic heterocycles. The molecule has 0 saturated carbocycles. The number of allylic oxidation sites excluding steroid dienone is 2. The number of ether oxygens (including phenoxy) is 1. The van der Waals surface area contributed by atoms with Crippen LogP contribution in [0.1, 0.15) is 39.5 Å². The van der Waals surface area contributed by atoms with E-state index in [0.29, 0.717) is 13.0 Å². The van der Waals surface area contributed by atoms with Crippen molar-refractivity contribution in [2.45, 2.75) is 39.5 Å². The summed E-state index contributed by atoms with van der Waals surface area (Å²) in [6.07, 6.45) is 4.54. The van der Waals surface area contributed by atoms with Gasteiger partial charge in [-0.1, -0.05) is 6.92 Å². The van der Waals surface area contributed by atoms with E-state index >= 15 is 0 Å². The number of hydrogen-bond donors (Lipinski definition) is 1. The molecule has 3 nitrogen and oxygen atoms in total. The lowest BCUT2D eigenvalue weighted by molar-refractivity contribution is -0.137. The normalized spacial score (nSPS) is 11.4. The van der Waals surface area contributed by atoms with Crippen LogP contribution in [-0.4, -0.2) is 17.7 Å². The second-order valence-electron chi connectivity index (χ2n) is 2.76. The van der Waals surface area contributed by atoms with E-state index in [1.165, 1.54) is 0 Å². The van der Waals surface area contributed by atoms with Crippen molar-refractivity contribution in [3.05, 3.63) is 11.8 Å². The molecule has 0 aliphatic rings. The first-order chi connectivity index (χ1) is 6.20. The van der Waals surface area contributed by atoms with Crippen LogP contribution in [0.4, 0.5) is 0 Å². The zero-order valence-corrected chi connectivity index (χ0v) is 8.38. The van der Waals surface area contributed by atoms with E-state index in [4.69, 9.17) is 9.84 Å². The first kappa shape index (κ1) is 12.0. The lowest BCUT2D eigenvalue weighted by Crippen LogP contribution is -1.97. The van der Waals surface area contributed by atoms with E-state index in [2.05, 4.69) is 0 Å². The highest BCUT2D eigenvalue weighted by molar-refractivity contribution is 5.66. The van der Waals surface area contributed by atoms with Crippen molar-refractivity contribution >= 4 is 5.97 Å². The minimum absolute atomic E-state index is 0.216. The van der Waals surface area contributed by atoms with Gasteiger partial charge in [-0.05, 0) is 25.8 Å². The maximum Gasteiger partial charge on any atom is 0.303 e. The van der Waals surface area contributed by atoms with Gasteiger partial charge in [-0.3, -0.25) is 4.79 Å². The third-order valence-electron chi connectivity index (χ3n) is 1.58. The lowest BCUT2D eigenvalue weighted by Gasteiger charge is -2.07. The molecule has 3 heteroatoms. The van der Waals surface area contributed by atoms with Gasteiger partial charge >= 0.3 is 5.97 Å². The molecule has 0 atom stereocenters. The Morgan fingerprint density at radius 2 is 2.08 bits per heavy atom. The minimum Gasteiger partial charge on any atom is -0.499 e. The van der Waals surface area contributed by atoms with Crippen molar-refractivity contribution < 1.29 is 14.6 Å². The third-order valence-corrected chi connectivity index (χ3v) is 1.58. The molecule has 13 heavy (non-hydrogen) atoms. The molecule has 1 N–H and O–H groups in total. The molecule has 0 aromatic rings. The lowest BCUT2D eigenvalue weighted by atomic mass is 10.2. The van der Waals surface area contributed by atoms with Crippen LogP contribution in [-0.2, 0) is 9.53 Å². The van der Waals surface area contributed by atoms with Crippen LogP contribution in [0.5, 0.6) is 0 Å². The third kappa shape index (κ3) is 7.37. The van der Waals surface area contributed by atoms with Gasteiger partial charge in [0.1, 0.15) is 0 Å². The van der Waals surface area contributed by atoms with Crippen LogP contribution in [0.25, 0.3) is 0 Å². The summed E-state index contributed by atoms with van der Waals surface area (Å²) in [5, 5.41) is 8.43. The van der Waals surface area contributed by atoms with Crippen LogP contribution in [0.2, 0.25) is 0 Å². The quantitative estimate of drug-likeness (QED) is 0.621. The van der Waals surface area contributed by atoms with Crippen molar-refractivity contribution in [3.8, 4) is 0 Å². The van der Waals surface area contributed by atoms with Crippen LogP contribution in [0, 0.1) is 0 Å². The second-order valence-corrected chi connectivity index (χ2v) is 2.76. The number of carboxylic acid groups (broad SMARTS) is 1.